The van der Waals surface area contributed by atoms with Crippen LogP contribution in [0.5, 0.6) is 0 Å². The Balaban J connectivity index is 2.06. The van der Waals surface area contributed by atoms with Gasteiger partial charge < -0.3 is 14.7 Å². The Morgan fingerprint density at radius 3 is 2.92 bits per heavy atom. The highest BCUT2D eigenvalue weighted by Crippen LogP contribution is 2.20. The summed E-state index contributed by atoms with van der Waals surface area (Å²) in [6.07, 6.45) is 5.97. The highest BCUT2D eigenvalue weighted by molar-refractivity contribution is 7.16. The number of benzene rings is 1. The smallest absolute Gasteiger partial charge is 0.326 e. The molecule has 0 saturated carbocycles. The third kappa shape index (κ3) is 3.18. The molecular weight excluding hydrogens is 328 g/mol. The summed E-state index contributed by atoms with van der Waals surface area (Å²) in [5.74, 6) is -1.46. The molecule has 0 spiro atoms. The number of hydrogen-bond acceptors (Lipinski definition) is 4. The molecule has 7 nitrogen and oxygen atoms in total. The Morgan fingerprint density at radius 1 is 1.42 bits per heavy atom. The fourth-order valence-electron chi connectivity index (χ4n) is 2.20. The largest absolute Gasteiger partial charge is 0.480 e. The lowest BCUT2D eigenvalue weighted by molar-refractivity contribution is -0.140. The average Bonchev–Trinajstić information content (AvgIpc) is 3.19. The van der Waals surface area contributed by atoms with Gasteiger partial charge in [-0.25, -0.2) is 9.78 Å². The van der Waals surface area contributed by atoms with Gasteiger partial charge in [-0.2, -0.15) is 4.99 Å². The zero-order chi connectivity index (χ0) is 17.1. The molecule has 0 aliphatic rings. The molecule has 3 aromatic rings. The number of aliphatic carboxylic acids is 1. The number of nitrogens with zero attached hydrogens (tertiary/aromatic N) is 3. The topological polar surface area (TPSA) is 100 Å². The first kappa shape index (κ1) is 15.9. The van der Waals surface area contributed by atoms with Crippen LogP contribution < -0.4 is 4.80 Å². The molecule has 0 fully saturated rings. The SMILES string of the molecule is CC(C(=O)O)n1c(=NC(=O)/C=C/c2cnc[nH]2)sc2ccccc21. The van der Waals surface area contributed by atoms with E-state index >= 15 is 0 Å². The van der Waals surface area contributed by atoms with E-state index in [4.69, 9.17) is 0 Å². The number of fused-ring (bicyclic) bond motifs is 1. The first-order valence-corrected chi connectivity index (χ1v) is 7.96. The van der Waals surface area contributed by atoms with Crippen LogP contribution in [0.4, 0.5) is 0 Å². The van der Waals surface area contributed by atoms with Gasteiger partial charge in [0, 0.05) is 6.08 Å². The van der Waals surface area contributed by atoms with Gasteiger partial charge in [-0.1, -0.05) is 23.5 Å². The molecule has 0 saturated heterocycles. The first-order chi connectivity index (χ1) is 11.6. The summed E-state index contributed by atoms with van der Waals surface area (Å²) in [7, 11) is 0. The summed E-state index contributed by atoms with van der Waals surface area (Å²) in [6, 6.07) is 6.54. The maximum Gasteiger partial charge on any atom is 0.326 e. The van der Waals surface area contributed by atoms with Crippen molar-refractivity contribution >= 4 is 39.5 Å². The summed E-state index contributed by atoms with van der Waals surface area (Å²) in [5.41, 5.74) is 1.42. The monoisotopic (exact) mass is 342 g/mol. The van der Waals surface area contributed by atoms with Crippen molar-refractivity contribution in [3.8, 4) is 0 Å². The molecule has 24 heavy (non-hydrogen) atoms. The van der Waals surface area contributed by atoms with Crippen molar-refractivity contribution in [2.45, 2.75) is 13.0 Å². The Morgan fingerprint density at radius 2 is 2.21 bits per heavy atom. The van der Waals surface area contributed by atoms with Gasteiger partial charge in [0.2, 0.25) is 0 Å². The van der Waals surface area contributed by atoms with Crippen molar-refractivity contribution in [2.75, 3.05) is 0 Å². The number of para-hydroxylation sites is 1. The zero-order valence-electron chi connectivity index (χ0n) is 12.7. The van der Waals surface area contributed by atoms with E-state index in [2.05, 4.69) is 15.0 Å². The van der Waals surface area contributed by atoms with E-state index < -0.39 is 17.9 Å². The van der Waals surface area contributed by atoms with Gasteiger partial charge in [-0.3, -0.25) is 4.79 Å². The van der Waals surface area contributed by atoms with Crippen molar-refractivity contribution in [3.05, 3.63) is 53.4 Å². The van der Waals surface area contributed by atoms with Crippen LogP contribution in [0, 0.1) is 0 Å². The lowest BCUT2D eigenvalue weighted by Gasteiger charge is -2.09. The minimum absolute atomic E-state index is 0.352. The number of carboxylic acids is 1. The summed E-state index contributed by atoms with van der Waals surface area (Å²) >= 11 is 1.28. The quantitative estimate of drug-likeness (QED) is 0.710. The molecule has 0 aliphatic carbocycles. The van der Waals surface area contributed by atoms with Crippen molar-refractivity contribution < 1.29 is 14.7 Å². The van der Waals surface area contributed by atoms with Crippen LogP contribution in [0.2, 0.25) is 0 Å². The molecule has 0 bridgehead atoms. The van der Waals surface area contributed by atoms with E-state index in [1.807, 2.05) is 24.3 Å². The molecule has 1 amide bonds. The molecule has 2 heterocycles. The Bertz CT molecular complexity index is 982. The van der Waals surface area contributed by atoms with Gasteiger partial charge in [-0.15, -0.1) is 0 Å². The lowest BCUT2D eigenvalue weighted by Crippen LogP contribution is -2.25. The van der Waals surface area contributed by atoms with E-state index in [9.17, 15) is 14.7 Å². The number of aromatic amines is 1. The number of H-pyrrole nitrogens is 1. The van der Waals surface area contributed by atoms with Crippen LogP contribution in [-0.2, 0) is 9.59 Å². The van der Waals surface area contributed by atoms with Crippen molar-refractivity contribution in [1.29, 1.82) is 0 Å². The van der Waals surface area contributed by atoms with Gasteiger partial charge in [0.25, 0.3) is 5.91 Å². The number of imidazole rings is 1. The number of nitrogens with one attached hydrogen (secondary N) is 1. The molecule has 1 atom stereocenters. The molecule has 8 heteroatoms. The molecular formula is C16H14N4O3S. The summed E-state index contributed by atoms with van der Waals surface area (Å²) < 4.78 is 2.43. The van der Waals surface area contributed by atoms with E-state index in [0.29, 0.717) is 10.5 Å². The number of aromatic nitrogens is 3. The maximum absolute atomic E-state index is 12.1. The second kappa shape index (κ2) is 6.63. The summed E-state index contributed by atoms with van der Waals surface area (Å²) in [4.78, 5) is 34.6. The number of carbonyl (C=O) groups excluding carboxylic acids is 1. The number of rotatable bonds is 4. The van der Waals surface area contributed by atoms with Crippen LogP contribution in [0.25, 0.3) is 16.3 Å². The lowest BCUT2D eigenvalue weighted by atomic mass is 10.3. The highest BCUT2D eigenvalue weighted by Gasteiger charge is 2.18. The molecule has 2 aromatic heterocycles. The second-order valence-electron chi connectivity index (χ2n) is 5.03. The predicted molar refractivity (Wildman–Crippen MR) is 90.4 cm³/mol. The molecule has 2 N–H and O–H groups in total. The number of thiazole rings is 1. The van der Waals surface area contributed by atoms with Crippen molar-refractivity contribution in [1.82, 2.24) is 14.5 Å². The van der Waals surface area contributed by atoms with Crippen LogP contribution in [-0.4, -0.2) is 31.5 Å². The van der Waals surface area contributed by atoms with Gasteiger partial charge >= 0.3 is 5.97 Å². The Labute approximate surface area is 140 Å². The van der Waals surface area contributed by atoms with Gasteiger partial charge in [0.05, 0.1) is 28.4 Å². The fraction of sp³-hybridized carbons (Fsp3) is 0.125. The number of hydrogen-bond donors (Lipinski definition) is 2. The van der Waals surface area contributed by atoms with E-state index in [-0.39, 0.29) is 0 Å². The van der Waals surface area contributed by atoms with E-state index in [1.54, 1.807) is 23.8 Å². The van der Waals surface area contributed by atoms with Crippen molar-refractivity contribution in [2.24, 2.45) is 4.99 Å². The van der Waals surface area contributed by atoms with E-state index in [0.717, 1.165) is 10.2 Å². The average molecular weight is 342 g/mol. The minimum atomic E-state index is -0.986. The third-order valence-corrected chi connectivity index (χ3v) is 4.44. The molecule has 1 unspecified atom stereocenters. The normalized spacial score (nSPS) is 13.6. The summed E-state index contributed by atoms with van der Waals surface area (Å²) in [5, 5.41) is 9.33. The maximum atomic E-state index is 12.1. The van der Waals surface area contributed by atoms with Crippen LogP contribution in [0.1, 0.15) is 18.7 Å². The number of carboxylic acid groups (broad SMARTS) is 1. The van der Waals surface area contributed by atoms with Crippen molar-refractivity contribution in [3.63, 3.8) is 0 Å². The predicted octanol–water partition coefficient (Wildman–Crippen LogP) is 2.21. The number of amides is 1. The highest BCUT2D eigenvalue weighted by atomic mass is 32.1. The van der Waals surface area contributed by atoms with E-state index in [1.165, 1.54) is 23.7 Å². The first-order valence-electron chi connectivity index (χ1n) is 7.14. The molecule has 122 valence electrons. The Hall–Kier alpha value is -3.00. The van der Waals surface area contributed by atoms with Crippen LogP contribution in [0.15, 0.2) is 47.9 Å². The Kier molecular flexibility index (Phi) is 4.39. The van der Waals surface area contributed by atoms with Crippen LogP contribution in [0.3, 0.4) is 0 Å². The van der Waals surface area contributed by atoms with Gasteiger partial charge in [-0.05, 0) is 25.1 Å². The molecule has 3 rings (SSSR count). The zero-order valence-corrected chi connectivity index (χ0v) is 13.5. The summed E-state index contributed by atoms with van der Waals surface area (Å²) in [6.45, 7) is 1.56. The standard InChI is InChI=1S/C16H14N4O3S/c1-10(15(22)23)20-12-4-2-3-5-13(12)24-16(20)19-14(21)7-6-11-8-17-9-18-11/h2-10H,1H3,(H,17,18)(H,22,23)/b7-6+,19-16?. The van der Waals surface area contributed by atoms with Gasteiger partial charge in [0.1, 0.15) is 6.04 Å². The molecule has 1 aromatic carbocycles. The molecule has 0 radical (unpaired) electrons. The third-order valence-electron chi connectivity index (χ3n) is 3.41. The van der Waals surface area contributed by atoms with Crippen LogP contribution >= 0.6 is 11.3 Å². The second-order valence-corrected chi connectivity index (χ2v) is 6.04. The van der Waals surface area contributed by atoms with Gasteiger partial charge in [0.15, 0.2) is 4.80 Å². The fourth-order valence-corrected chi connectivity index (χ4v) is 3.31. The number of carbonyl (C=O) groups is 2. The molecule has 0 aliphatic heterocycles. The minimum Gasteiger partial charge on any atom is -0.480 e.